The van der Waals surface area contributed by atoms with Crippen LogP contribution >= 0.6 is 27.3 Å². The second kappa shape index (κ2) is 5.52. The molecule has 1 aliphatic rings. The number of ether oxygens (including phenoxy) is 1. The molecular weight excluding hydrogens is 314 g/mol. The molecule has 1 aliphatic heterocycles. The number of halogens is 1. The Bertz CT molecular complexity index is 519. The predicted molar refractivity (Wildman–Crippen MR) is 74.9 cm³/mol. The minimum atomic E-state index is 0.115. The number of aromatic nitrogens is 2. The van der Waals surface area contributed by atoms with Gasteiger partial charge in [0.25, 0.3) is 0 Å². The third-order valence-electron chi connectivity index (χ3n) is 2.95. The van der Waals surface area contributed by atoms with Crippen LogP contribution in [0.2, 0.25) is 0 Å². The summed E-state index contributed by atoms with van der Waals surface area (Å²) in [5.41, 5.74) is 1.15. The molecule has 0 bridgehead atoms. The lowest BCUT2D eigenvalue weighted by Crippen LogP contribution is -2.34. The van der Waals surface area contributed by atoms with Gasteiger partial charge >= 0.3 is 0 Å². The molecule has 1 fully saturated rings. The third kappa shape index (κ3) is 2.66. The molecule has 0 radical (unpaired) electrons. The monoisotopic (exact) mass is 327 g/mol. The topological polar surface area (TPSA) is 39.1 Å². The van der Waals surface area contributed by atoms with E-state index >= 15 is 0 Å². The first-order valence-electron chi connectivity index (χ1n) is 5.88. The minimum absolute atomic E-state index is 0.115. The Balaban J connectivity index is 1.78. The van der Waals surface area contributed by atoms with Crippen molar-refractivity contribution < 1.29 is 4.74 Å². The summed E-state index contributed by atoms with van der Waals surface area (Å²) in [5.74, 6) is 0. The zero-order valence-corrected chi connectivity index (χ0v) is 12.2. The second-order valence-electron chi connectivity index (χ2n) is 4.24. The highest BCUT2D eigenvalue weighted by Crippen LogP contribution is 2.23. The van der Waals surface area contributed by atoms with E-state index in [1.54, 1.807) is 11.3 Å². The van der Waals surface area contributed by atoms with E-state index in [-0.39, 0.29) is 6.10 Å². The van der Waals surface area contributed by atoms with Crippen LogP contribution in [0.4, 0.5) is 0 Å². The van der Waals surface area contributed by atoms with Crippen molar-refractivity contribution in [2.75, 3.05) is 19.7 Å². The predicted octanol–water partition coefficient (Wildman–Crippen LogP) is 2.42. The van der Waals surface area contributed by atoms with E-state index in [0.29, 0.717) is 0 Å². The number of nitrogens with zero attached hydrogens (tertiary/aromatic N) is 2. The van der Waals surface area contributed by atoms with Crippen molar-refractivity contribution in [3.63, 3.8) is 0 Å². The van der Waals surface area contributed by atoms with Gasteiger partial charge in [-0.25, -0.2) is 4.98 Å². The second-order valence-corrected chi connectivity index (χ2v) is 6.15. The Kier molecular flexibility index (Phi) is 3.79. The van der Waals surface area contributed by atoms with Gasteiger partial charge in [0.05, 0.1) is 31.4 Å². The highest BCUT2D eigenvalue weighted by molar-refractivity contribution is 9.10. The molecular formula is C12H14BrN3OS. The summed E-state index contributed by atoms with van der Waals surface area (Å²) < 4.78 is 9.08. The maximum absolute atomic E-state index is 5.78. The molecule has 0 aliphatic carbocycles. The van der Waals surface area contributed by atoms with E-state index in [2.05, 4.69) is 42.2 Å². The van der Waals surface area contributed by atoms with Crippen LogP contribution in [-0.2, 0) is 11.3 Å². The van der Waals surface area contributed by atoms with E-state index in [9.17, 15) is 0 Å². The van der Waals surface area contributed by atoms with Gasteiger partial charge < -0.3 is 14.6 Å². The van der Waals surface area contributed by atoms with Crippen LogP contribution in [0.25, 0.3) is 0 Å². The number of thiophene rings is 1. The minimum Gasteiger partial charge on any atom is -0.369 e. The summed E-state index contributed by atoms with van der Waals surface area (Å²) in [7, 11) is 0. The van der Waals surface area contributed by atoms with Gasteiger partial charge in [-0.2, -0.15) is 0 Å². The average molecular weight is 328 g/mol. The van der Waals surface area contributed by atoms with Crippen LogP contribution in [0.15, 0.2) is 28.4 Å². The molecule has 2 aromatic heterocycles. The zero-order valence-electron chi connectivity index (χ0n) is 9.80. The molecule has 1 atom stereocenters. The molecule has 2 aromatic rings. The number of hydrogen-bond acceptors (Lipinski definition) is 4. The Labute approximate surface area is 118 Å². The zero-order chi connectivity index (χ0) is 12.4. The van der Waals surface area contributed by atoms with Gasteiger partial charge in [0.2, 0.25) is 0 Å². The lowest BCUT2D eigenvalue weighted by molar-refractivity contribution is 0.0230. The van der Waals surface area contributed by atoms with Crippen molar-refractivity contribution in [2.24, 2.45) is 0 Å². The first-order chi connectivity index (χ1) is 8.83. The van der Waals surface area contributed by atoms with Crippen LogP contribution in [-0.4, -0.2) is 29.2 Å². The van der Waals surface area contributed by atoms with Crippen molar-refractivity contribution in [1.82, 2.24) is 14.9 Å². The fourth-order valence-corrected chi connectivity index (χ4v) is 3.54. The fraction of sp³-hybridized carbons (Fsp3) is 0.417. The van der Waals surface area contributed by atoms with Gasteiger partial charge in [0.15, 0.2) is 0 Å². The summed E-state index contributed by atoms with van der Waals surface area (Å²) in [4.78, 5) is 5.56. The lowest BCUT2D eigenvalue weighted by Gasteiger charge is -2.24. The highest BCUT2D eigenvalue weighted by Gasteiger charge is 2.19. The Morgan fingerprint density at radius 2 is 2.56 bits per heavy atom. The van der Waals surface area contributed by atoms with Crippen molar-refractivity contribution in [2.45, 2.75) is 12.6 Å². The summed E-state index contributed by atoms with van der Waals surface area (Å²) in [6, 6.07) is 2.15. The molecule has 3 rings (SSSR count). The molecule has 1 unspecified atom stereocenters. The quantitative estimate of drug-likeness (QED) is 0.941. The first kappa shape index (κ1) is 12.3. The van der Waals surface area contributed by atoms with Crippen LogP contribution in [0.3, 0.4) is 0 Å². The molecule has 1 N–H and O–H groups in total. The molecule has 0 aromatic carbocycles. The SMILES string of the molecule is Brc1csc(Cn2cncc2C2CNCCO2)c1. The van der Waals surface area contributed by atoms with Gasteiger partial charge in [-0.3, -0.25) is 0 Å². The number of nitrogens with one attached hydrogen (secondary N) is 1. The maximum Gasteiger partial charge on any atom is 0.111 e. The molecule has 18 heavy (non-hydrogen) atoms. The third-order valence-corrected chi connectivity index (χ3v) is 4.63. The van der Waals surface area contributed by atoms with Gasteiger partial charge in [0.1, 0.15) is 6.10 Å². The summed E-state index contributed by atoms with van der Waals surface area (Å²) in [5, 5.41) is 5.45. The van der Waals surface area contributed by atoms with E-state index in [1.807, 2.05) is 12.5 Å². The van der Waals surface area contributed by atoms with E-state index < -0.39 is 0 Å². The molecule has 4 nitrogen and oxygen atoms in total. The van der Waals surface area contributed by atoms with Crippen molar-refractivity contribution in [1.29, 1.82) is 0 Å². The number of rotatable bonds is 3. The van der Waals surface area contributed by atoms with E-state index in [1.165, 1.54) is 4.88 Å². The lowest BCUT2D eigenvalue weighted by atomic mass is 10.2. The summed E-state index contributed by atoms with van der Waals surface area (Å²) in [6.45, 7) is 3.41. The van der Waals surface area contributed by atoms with Gasteiger partial charge in [0, 0.05) is 27.8 Å². The van der Waals surface area contributed by atoms with Gasteiger partial charge in [-0.05, 0) is 22.0 Å². The number of imidazole rings is 1. The number of morpholine rings is 1. The van der Waals surface area contributed by atoms with Gasteiger partial charge in [-0.15, -0.1) is 11.3 Å². The fourth-order valence-electron chi connectivity index (χ4n) is 2.09. The van der Waals surface area contributed by atoms with E-state index in [0.717, 1.165) is 36.4 Å². The van der Waals surface area contributed by atoms with Crippen LogP contribution < -0.4 is 5.32 Å². The average Bonchev–Trinajstić information content (AvgIpc) is 3.00. The first-order valence-corrected chi connectivity index (χ1v) is 7.55. The molecule has 1 saturated heterocycles. The molecule has 96 valence electrons. The molecule has 3 heterocycles. The molecule has 0 amide bonds. The Morgan fingerprint density at radius 3 is 3.28 bits per heavy atom. The molecule has 0 spiro atoms. The highest BCUT2D eigenvalue weighted by atomic mass is 79.9. The molecule has 0 saturated carbocycles. The van der Waals surface area contributed by atoms with Crippen molar-refractivity contribution in [3.05, 3.63) is 39.0 Å². The normalized spacial score (nSPS) is 20.2. The van der Waals surface area contributed by atoms with Crippen molar-refractivity contribution >= 4 is 27.3 Å². The van der Waals surface area contributed by atoms with Crippen LogP contribution in [0, 0.1) is 0 Å². The summed E-state index contributed by atoms with van der Waals surface area (Å²) in [6.07, 6.45) is 3.89. The van der Waals surface area contributed by atoms with Crippen molar-refractivity contribution in [3.8, 4) is 0 Å². The summed E-state index contributed by atoms with van der Waals surface area (Å²) >= 11 is 5.23. The van der Waals surface area contributed by atoms with Gasteiger partial charge in [-0.1, -0.05) is 0 Å². The van der Waals surface area contributed by atoms with E-state index in [4.69, 9.17) is 4.74 Å². The standard InChI is InChI=1S/C12H14BrN3OS/c13-9-3-10(18-7-9)6-16-8-15-4-11(16)12-5-14-1-2-17-12/h3-4,7-8,12,14H,1-2,5-6H2. The maximum atomic E-state index is 5.78. The molecule has 6 heteroatoms. The Morgan fingerprint density at radius 1 is 1.61 bits per heavy atom. The Hall–Kier alpha value is -0.690. The van der Waals surface area contributed by atoms with Crippen LogP contribution in [0.5, 0.6) is 0 Å². The number of hydrogen-bond donors (Lipinski definition) is 1. The smallest absolute Gasteiger partial charge is 0.111 e. The largest absolute Gasteiger partial charge is 0.369 e. The van der Waals surface area contributed by atoms with Crippen LogP contribution in [0.1, 0.15) is 16.7 Å².